The highest BCUT2D eigenvalue weighted by Crippen LogP contribution is 2.26. The molecule has 0 fully saturated rings. The van der Waals surface area contributed by atoms with Crippen molar-refractivity contribution in [1.82, 2.24) is 9.97 Å². The summed E-state index contributed by atoms with van der Waals surface area (Å²) in [5, 5.41) is 0. The molecule has 3 nitrogen and oxygen atoms in total. The summed E-state index contributed by atoms with van der Waals surface area (Å²) in [5.41, 5.74) is 2.20. The summed E-state index contributed by atoms with van der Waals surface area (Å²) in [5.74, 6) is 0.600. The van der Waals surface area contributed by atoms with Crippen LogP contribution in [0, 0.1) is 0 Å². The topological polar surface area (TPSA) is 35.0 Å². The van der Waals surface area contributed by atoms with Crippen molar-refractivity contribution in [2.24, 2.45) is 0 Å². The van der Waals surface area contributed by atoms with Crippen LogP contribution in [0.15, 0.2) is 42.7 Å². The molecule has 0 aliphatic carbocycles. The summed E-state index contributed by atoms with van der Waals surface area (Å²) in [6, 6.07) is 12.1. The first-order valence-corrected chi connectivity index (χ1v) is 6.25. The first-order valence-electron chi connectivity index (χ1n) is 5.33. The van der Waals surface area contributed by atoms with Crippen molar-refractivity contribution in [1.29, 1.82) is 0 Å². The van der Waals surface area contributed by atoms with E-state index >= 15 is 0 Å². The van der Waals surface area contributed by atoms with Crippen LogP contribution in [0.2, 0.25) is 0 Å². The Kier molecular flexibility index (Phi) is 4.09. The minimum Gasteiger partial charge on any atom is -0.481 e. The molecule has 1 aromatic heterocycles. The lowest BCUT2D eigenvalue weighted by Crippen LogP contribution is -1.99. The van der Waals surface area contributed by atoms with E-state index in [-0.39, 0.29) is 4.83 Å². The lowest BCUT2D eigenvalue weighted by atomic mass is 10.1. The first-order chi connectivity index (χ1) is 8.29. The summed E-state index contributed by atoms with van der Waals surface area (Å²) in [6.07, 6.45) is 2.34. The predicted molar refractivity (Wildman–Crippen MR) is 70.4 cm³/mol. The second kappa shape index (κ2) is 5.77. The van der Waals surface area contributed by atoms with Crippen molar-refractivity contribution in [3.05, 3.63) is 54.0 Å². The Morgan fingerprint density at radius 2 is 2.00 bits per heavy atom. The van der Waals surface area contributed by atoms with E-state index in [2.05, 4.69) is 38.0 Å². The number of halogens is 1. The quantitative estimate of drug-likeness (QED) is 0.812. The van der Waals surface area contributed by atoms with E-state index in [1.54, 1.807) is 7.11 Å². The average Bonchev–Trinajstić information content (AvgIpc) is 2.40. The molecule has 1 atom stereocenters. The molecule has 0 saturated heterocycles. The predicted octanol–water partition coefficient (Wildman–Crippen LogP) is 3.16. The van der Waals surface area contributed by atoms with Gasteiger partial charge >= 0.3 is 0 Å². The zero-order valence-corrected chi connectivity index (χ0v) is 11.1. The average molecular weight is 293 g/mol. The molecule has 0 saturated carbocycles. The Bertz CT molecular complexity index is 476. The van der Waals surface area contributed by atoms with E-state index in [9.17, 15) is 0 Å². The van der Waals surface area contributed by atoms with E-state index in [1.165, 1.54) is 11.9 Å². The SMILES string of the molecule is COc1cc(CC(Br)c2ccccc2)ncn1. The maximum absolute atomic E-state index is 5.08. The number of ether oxygens (including phenoxy) is 1. The second-order valence-corrected chi connectivity index (χ2v) is 4.74. The molecule has 0 bridgehead atoms. The largest absolute Gasteiger partial charge is 0.481 e. The van der Waals surface area contributed by atoms with Crippen molar-refractivity contribution in [2.45, 2.75) is 11.2 Å². The second-order valence-electron chi connectivity index (χ2n) is 3.63. The van der Waals surface area contributed by atoms with Crippen molar-refractivity contribution in [2.75, 3.05) is 7.11 Å². The third-order valence-corrected chi connectivity index (χ3v) is 3.31. The van der Waals surface area contributed by atoms with E-state index < -0.39 is 0 Å². The number of methoxy groups -OCH3 is 1. The standard InChI is InChI=1S/C13H13BrN2O/c1-17-13-8-11(15-9-16-13)7-12(14)10-5-3-2-4-6-10/h2-6,8-9,12H,7H2,1H3. The number of nitrogens with zero attached hydrogens (tertiary/aromatic N) is 2. The van der Waals surface area contributed by atoms with Crippen LogP contribution in [0.3, 0.4) is 0 Å². The molecule has 17 heavy (non-hydrogen) atoms. The van der Waals surface area contributed by atoms with Gasteiger partial charge in [-0.25, -0.2) is 9.97 Å². The van der Waals surface area contributed by atoms with Crippen LogP contribution in [0.4, 0.5) is 0 Å². The van der Waals surface area contributed by atoms with Gasteiger partial charge in [-0.1, -0.05) is 46.3 Å². The molecule has 2 rings (SSSR count). The molecule has 0 amide bonds. The highest BCUT2D eigenvalue weighted by Gasteiger charge is 2.09. The Labute approximate surface area is 109 Å². The summed E-state index contributed by atoms with van der Waals surface area (Å²) < 4.78 is 5.08. The molecule has 0 N–H and O–H groups in total. The van der Waals surface area contributed by atoms with Gasteiger partial charge in [-0.05, 0) is 5.56 Å². The fraction of sp³-hybridized carbons (Fsp3) is 0.231. The van der Waals surface area contributed by atoms with E-state index in [0.717, 1.165) is 12.1 Å². The van der Waals surface area contributed by atoms with Gasteiger partial charge in [0, 0.05) is 23.0 Å². The van der Waals surface area contributed by atoms with Crippen LogP contribution in [-0.2, 0) is 6.42 Å². The number of alkyl halides is 1. The Hall–Kier alpha value is -1.42. The normalized spacial score (nSPS) is 12.1. The van der Waals surface area contributed by atoms with Gasteiger partial charge < -0.3 is 4.74 Å². The third-order valence-electron chi connectivity index (χ3n) is 2.46. The third kappa shape index (κ3) is 3.27. The maximum Gasteiger partial charge on any atom is 0.216 e. The van der Waals surface area contributed by atoms with Crippen molar-refractivity contribution in [3.63, 3.8) is 0 Å². The molecule has 0 aliphatic rings. The zero-order valence-electron chi connectivity index (χ0n) is 9.51. The van der Waals surface area contributed by atoms with Crippen LogP contribution < -0.4 is 4.74 Å². The van der Waals surface area contributed by atoms with Crippen LogP contribution in [0.1, 0.15) is 16.1 Å². The Balaban J connectivity index is 2.10. The molecule has 0 spiro atoms. The van der Waals surface area contributed by atoms with Crippen molar-refractivity contribution in [3.8, 4) is 5.88 Å². The molecule has 1 aromatic carbocycles. The van der Waals surface area contributed by atoms with Gasteiger partial charge in [-0.3, -0.25) is 0 Å². The highest BCUT2D eigenvalue weighted by atomic mass is 79.9. The zero-order chi connectivity index (χ0) is 12.1. The minimum atomic E-state index is 0.253. The number of benzene rings is 1. The fourth-order valence-corrected chi connectivity index (χ4v) is 2.20. The number of hydrogen-bond donors (Lipinski definition) is 0. The van der Waals surface area contributed by atoms with Gasteiger partial charge in [0.15, 0.2) is 0 Å². The summed E-state index contributed by atoms with van der Waals surface area (Å²) in [7, 11) is 1.61. The van der Waals surface area contributed by atoms with E-state index in [1.807, 2.05) is 24.3 Å². The van der Waals surface area contributed by atoms with Crippen LogP contribution in [0.5, 0.6) is 5.88 Å². The molecule has 4 heteroatoms. The fourth-order valence-electron chi connectivity index (χ4n) is 1.56. The van der Waals surface area contributed by atoms with Gasteiger partial charge in [0.2, 0.25) is 5.88 Å². The lowest BCUT2D eigenvalue weighted by Gasteiger charge is -2.09. The molecule has 1 unspecified atom stereocenters. The lowest BCUT2D eigenvalue weighted by molar-refractivity contribution is 0.396. The van der Waals surface area contributed by atoms with Gasteiger partial charge in [0.05, 0.1) is 7.11 Å². The summed E-state index contributed by atoms with van der Waals surface area (Å²) in [4.78, 5) is 8.47. The van der Waals surface area contributed by atoms with Crippen LogP contribution in [-0.4, -0.2) is 17.1 Å². The van der Waals surface area contributed by atoms with Crippen molar-refractivity contribution >= 4 is 15.9 Å². The minimum absolute atomic E-state index is 0.253. The molecule has 0 aliphatic heterocycles. The van der Waals surface area contributed by atoms with Crippen LogP contribution in [0.25, 0.3) is 0 Å². The number of rotatable bonds is 4. The van der Waals surface area contributed by atoms with Crippen molar-refractivity contribution < 1.29 is 4.74 Å². The number of aromatic nitrogens is 2. The molecule has 1 heterocycles. The molecule has 0 radical (unpaired) electrons. The van der Waals surface area contributed by atoms with Gasteiger partial charge in [-0.15, -0.1) is 0 Å². The smallest absolute Gasteiger partial charge is 0.216 e. The molecule has 2 aromatic rings. The first kappa shape index (κ1) is 12.0. The van der Waals surface area contributed by atoms with Gasteiger partial charge in [-0.2, -0.15) is 0 Å². The Morgan fingerprint density at radius 3 is 2.71 bits per heavy atom. The molecule has 88 valence electrons. The Morgan fingerprint density at radius 1 is 1.24 bits per heavy atom. The summed E-state index contributed by atoms with van der Waals surface area (Å²) in [6.45, 7) is 0. The van der Waals surface area contributed by atoms with E-state index in [4.69, 9.17) is 4.74 Å². The van der Waals surface area contributed by atoms with Gasteiger partial charge in [0.25, 0.3) is 0 Å². The molecular formula is C13H13BrN2O. The van der Waals surface area contributed by atoms with Gasteiger partial charge in [0.1, 0.15) is 6.33 Å². The monoisotopic (exact) mass is 292 g/mol. The number of hydrogen-bond acceptors (Lipinski definition) is 3. The maximum atomic E-state index is 5.08. The molecular weight excluding hydrogens is 280 g/mol. The van der Waals surface area contributed by atoms with Crippen LogP contribution >= 0.6 is 15.9 Å². The summed E-state index contributed by atoms with van der Waals surface area (Å²) >= 11 is 3.67. The van der Waals surface area contributed by atoms with E-state index in [0.29, 0.717) is 5.88 Å². The highest BCUT2D eigenvalue weighted by molar-refractivity contribution is 9.09.